The Labute approximate surface area is 214 Å². The van der Waals surface area contributed by atoms with E-state index in [1.807, 2.05) is 6.92 Å². The molecule has 3 aliphatic rings. The van der Waals surface area contributed by atoms with Gasteiger partial charge in [0, 0.05) is 32.1 Å². The molecule has 0 saturated carbocycles. The number of hydrogen-bond acceptors (Lipinski definition) is 3. The number of Topliss-reactive ketones (excluding diaryl/α,β-unsaturated/α-hetero) is 3. The monoisotopic (exact) mass is 482 g/mol. The third-order valence-electron chi connectivity index (χ3n) is 7.43. The topological polar surface area (TPSA) is 51.2 Å². The van der Waals surface area contributed by atoms with Gasteiger partial charge in [-0.3, -0.25) is 14.4 Å². The van der Waals surface area contributed by atoms with Crippen LogP contribution in [0.15, 0.2) is 35.5 Å². The fraction of sp³-hybridized carbons (Fsp3) is 0.719. The second kappa shape index (κ2) is 17.6. The number of ketones is 3. The third-order valence-corrected chi connectivity index (χ3v) is 7.43. The van der Waals surface area contributed by atoms with Crippen LogP contribution in [-0.2, 0) is 14.4 Å². The molecule has 0 fully saturated rings. The highest BCUT2D eigenvalue weighted by molar-refractivity contribution is 5.97. The smallest absolute Gasteiger partial charge is 0.159 e. The van der Waals surface area contributed by atoms with Crippen molar-refractivity contribution < 1.29 is 14.4 Å². The van der Waals surface area contributed by atoms with Crippen molar-refractivity contribution in [3.05, 3.63) is 35.5 Å². The van der Waals surface area contributed by atoms with Gasteiger partial charge in [0.2, 0.25) is 0 Å². The van der Waals surface area contributed by atoms with Gasteiger partial charge in [-0.1, -0.05) is 43.7 Å². The molecule has 35 heavy (non-hydrogen) atoms. The molecule has 0 N–H and O–H groups in total. The molecule has 0 spiro atoms. The Balaban J connectivity index is 0.000000247. The zero-order valence-corrected chi connectivity index (χ0v) is 22.6. The van der Waals surface area contributed by atoms with Gasteiger partial charge in [-0.2, -0.15) is 0 Å². The van der Waals surface area contributed by atoms with E-state index in [0.29, 0.717) is 49.0 Å². The van der Waals surface area contributed by atoms with Crippen LogP contribution >= 0.6 is 0 Å². The van der Waals surface area contributed by atoms with E-state index in [1.54, 1.807) is 0 Å². The number of hydrogen-bond donors (Lipinski definition) is 0. The van der Waals surface area contributed by atoms with Crippen molar-refractivity contribution in [3.63, 3.8) is 0 Å². The van der Waals surface area contributed by atoms with Crippen molar-refractivity contribution >= 4 is 17.3 Å². The van der Waals surface area contributed by atoms with Crippen molar-refractivity contribution in [2.75, 3.05) is 0 Å². The van der Waals surface area contributed by atoms with Crippen molar-refractivity contribution in [1.29, 1.82) is 0 Å². The second-order valence-corrected chi connectivity index (χ2v) is 11.2. The molecule has 0 aromatic carbocycles. The minimum atomic E-state index is 0.230. The number of carbonyl (C=O) groups excluding carboxylic acids is 3. The lowest BCUT2D eigenvalue weighted by atomic mass is 9.80. The molecule has 1 atom stereocenters. The summed E-state index contributed by atoms with van der Waals surface area (Å²) in [6.45, 7) is 4.24. The minimum Gasteiger partial charge on any atom is -0.300 e. The normalized spacial score (nSPS) is 26.8. The first-order valence-corrected chi connectivity index (χ1v) is 14.5. The molecule has 0 unspecified atom stereocenters. The van der Waals surface area contributed by atoms with Crippen molar-refractivity contribution in [2.45, 2.75) is 136 Å². The quantitative estimate of drug-likeness (QED) is 0.324. The molecule has 3 aliphatic carbocycles. The summed E-state index contributed by atoms with van der Waals surface area (Å²) in [4.78, 5) is 35.5. The Morgan fingerprint density at radius 1 is 0.514 bits per heavy atom. The molecule has 196 valence electrons. The van der Waals surface area contributed by atoms with Crippen molar-refractivity contribution in [2.24, 2.45) is 11.8 Å². The van der Waals surface area contributed by atoms with E-state index in [9.17, 15) is 14.4 Å². The van der Waals surface area contributed by atoms with Gasteiger partial charge in [-0.05, 0) is 107 Å². The molecular formula is C32H50O3. The summed E-state index contributed by atoms with van der Waals surface area (Å²) >= 11 is 0. The van der Waals surface area contributed by atoms with E-state index in [-0.39, 0.29) is 5.92 Å². The molecule has 3 nitrogen and oxygen atoms in total. The summed E-state index contributed by atoms with van der Waals surface area (Å²) in [5.74, 6) is 1.91. The van der Waals surface area contributed by atoms with Gasteiger partial charge in [0.15, 0.2) is 5.78 Å². The zero-order chi connectivity index (χ0) is 25.3. The first kappa shape index (κ1) is 29.5. The average Bonchev–Trinajstić information content (AvgIpc) is 2.85. The summed E-state index contributed by atoms with van der Waals surface area (Å²) in [5.41, 5.74) is 2.70. The maximum atomic E-state index is 12.1. The SMILES string of the molecule is CC1CC(=O)CCCC/C=C\CCCCC(=O)C1.C[C@H]1CC(=O)C2=C(CCCC/C=C\CCC2)C1. The van der Waals surface area contributed by atoms with Gasteiger partial charge in [0.05, 0.1) is 0 Å². The van der Waals surface area contributed by atoms with Crippen LogP contribution < -0.4 is 0 Å². The van der Waals surface area contributed by atoms with E-state index in [0.717, 1.165) is 64.2 Å². The molecule has 0 bridgehead atoms. The lowest BCUT2D eigenvalue weighted by molar-refractivity contribution is -0.122. The molecular weight excluding hydrogens is 432 g/mol. The van der Waals surface area contributed by atoms with E-state index in [2.05, 4.69) is 31.2 Å². The van der Waals surface area contributed by atoms with Gasteiger partial charge < -0.3 is 0 Å². The van der Waals surface area contributed by atoms with Gasteiger partial charge in [-0.25, -0.2) is 0 Å². The minimum absolute atomic E-state index is 0.230. The first-order valence-electron chi connectivity index (χ1n) is 14.5. The van der Waals surface area contributed by atoms with Crippen LogP contribution in [0.2, 0.25) is 0 Å². The number of carbonyl (C=O) groups is 3. The number of allylic oxidation sites excluding steroid dienone is 6. The summed E-state index contributed by atoms with van der Waals surface area (Å²) in [6.07, 6.45) is 28.1. The summed E-state index contributed by atoms with van der Waals surface area (Å²) in [7, 11) is 0. The fourth-order valence-electron chi connectivity index (χ4n) is 5.51. The highest BCUT2D eigenvalue weighted by Gasteiger charge is 2.24. The molecule has 0 heterocycles. The van der Waals surface area contributed by atoms with Gasteiger partial charge in [0.1, 0.15) is 11.6 Å². The van der Waals surface area contributed by atoms with E-state index < -0.39 is 0 Å². The molecule has 0 aliphatic heterocycles. The Bertz CT molecular complexity index is 727. The Hall–Kier alpha value is -1.77. The highest BCUT2D eigenvalue weighted by Crippen LogP contribution is 2.33. The maximum absolute atomic E-state index is 12.1. The lowest BCUT2D eigenvalue weighted by Crippen LogP contribution is -2.18. The zero-order valence-electron chi connectivity index (χ0n) is 22.6. The van der Waals surface area contributed by atoms with Crippen LogP contribution in [0.4, 0.5) is 0 Å². The first-order chi connectivity index (χ1) is 17.0. The summed E-state index contributed by atoms with van der Waals surface area (Å²) in [6, 6.07) is 0. The standard InChI is InChI=1S/C16H26O2.C16H24O/c1-14-12-15(17)10-8-6-4-2-3-5-7-9-11-16(18)13-14;1-13-11-14-9-7-5-3-2-4-6-8-10-15(14)16(17)12-13/h2-3,14H,4-13H2,1H3;2,4,13H,3,5-12H2,1H3/b3-2-;4-2-/t;13-/m.1/s1. The molecule has 0 aromatic rings. The van der Waals surface area contributed by atoms with Crippen molar-refractivity contribution in [1.82, 2.24) is 0 Å². The van der Waals surface area contributed by atoms with Gasteiger partial charge >= 0.3 is 0 Å². The van der Waals surface area contributed by atoms with Crippen LogP contribution in [0.3, 0.4) is 0 Å². The Morgan fingerprint density at radius 2 is 0.971 bits per heavy atom. The maximum Gasteiger partial charge on any atom is 0.159 e. The highest BCUT2D eigenvalue weighted by atomic mass is 16.1. The van der Waals surface area contributed by atoms with Crippen LogP contribution in [0.25, 0.3) is 0 Å². The fourth-order valence-corrected chi connectivity index (χ4v) is 5.51. The van der Waals surface area contributed by atoms with E-state index in [1.165, 1.54) is 43.3 Å². The Kier molecular flexibility index (Phi) is 14.8. The van der Waals surface area contributed by atoms with Crippen LogP contribution in [-0.4, -0.2) is 17.3 Å². The van der Waals surface area contributed by atoms with Gasteiger partial charge in [0.25, 0.3) is 0 Å². The summed E-state index contributed by atoms with van der Waals surface area (Å²) in [5, 5.41) is 0. The average molecular weight is 483 g/mol. The second-order valence-electron chi connectivity index (χ2n) is 11.2. The largest absolute Gasteiger partial charge is 0.300 e. The summed E-state index contributed by atoms with van der Waals surface area (Å²) < 4.78 is 0. The lowest BCUT2D eigenvalue weighted by Gasteiger charge is -2.24. The Morgan fingerprint density at radius 3 is 1.51 bits per heavy atom. The molecule has 0 aromatic heterocycles. The van der Waals surface area contributed by atoms with Crippen LogP contribution in [0, 0.1) is 11.8 Å². The van der Waals surface area contributed by atoms with Crippen LogP contribution in [0.5, 0.6) is 0 Å². The van der Waals surface area contributed by atoms with Crippen molar-refractivity contribution in [3.8, 4) is 0 Å². The van der Waals surface area contributed by atoms with Gasteiger partial charge in [-0.15, -0.1) is 0 Å². The molecule has 3 rings (SSSR count). The predicted octanol–water partition coefficient (Wildman–Crippen LogP) is 8.81. The third kappa shape index (κ3) is 13.2. The molecule has 0 radical (unpaired) electrons. The predicted molar refractivity (Wildman–Crippen MR) is 146 cm³/mol. The molecule has 0 saturated heterocycles. The van der Waals surface area contributed by atoms with E-state index in [4.69, 9.17) is 0 Å². The van der Waals surface area contributed by atoms with E-state index >= 15 is 0 Å². The van der Waals surface area contributed by atoms with Crippen LogP contribution in [0.1, 0.15) is 136 Å². The number of rotatable bonds is 0. The molecule has 3 heteroatoms. The molecule has 0 amide bonds.